The summed E-state index contributed by atoms with van der Waals surface area (Å²) in [5, 5.41) is 2.35. The van der Waals surface area contributed by atoms with Crippen LogP contribution in [-0.2, 0) is 28.3 Å². The van der Waals surface area contributed by atoms with Crippen LogP contribution in [0.5, 0.6) is 0 Å². The van der Waals surface area contributed by atoms with Crippen LogP contribution in [0.4, 0.5) is 13.2 Å². The summed E-state index contributed by atoms with van der Waals surface area (Å²) in [6, 6.07) is 0. The van der Waals surface area contributed by atoms with Crippen LogP contribution in [0, 0.1) is 6.92 Å². The molecule has 13 heteroatoms. The minimum absolute atomic E-state index is 0.0786. The molecule has 0 spiro atoms. The van der Waals surface area contributed by atoms with Crippen molar-refractivity contribution in [3.05, 3.63) is 45.6 Å². The number of aryl methyl sites for hydroxylation is 1. The lowest BCUT2D eigenvalue weighted by Crippen LogP contribution is -2.44. The molecule has 0 bridgehead atoms. The Morgan fingerprint density at radius 3 is 2.30 bits per heavy atom. The van der Waals surface area contributed by atoms with Gasteiger partial charge in [-0.25, -0.2) is 9.78 Å². The SMILES string of the molecule is C=CC/C(C(=O)OCC)=C(\C[C@H](O[Si](C)(C)C(C)(C)C)/C(C)=C/c1csc(C)n1)OS(=O)(=O)C(F)(F)F. The summed E-state index contributed by atoms with van der Waals surface area (Å²) in [5.74, 6) is -1.71. The van der Waals surface area contributed by atoms with E-state index in [2.05, 4.69) is 15.7 Å². The minimum atomic E-state index is -6.08. The summed E-state index contributed by atoms with van der Waals surface area (Å²) in [6.45, 7) is 18.4. The standard InChI is InChI=1S/C24H36F3NO6S2Si/c1-10-12-19(22(29)32-11-2)21(33-36(30,31)24(25,26)27)14-20(34-37(8,9)23(5,6)7)16(3)13-18-15-35-17(4)28-18/h10,13,15,20H,1,11-12,14H2,2-9H3/b16-13+,21-19-/t20-/m0/s1. The Hall–Kier alpha value is -1.96. The highest BCUT2D eigenvalue weighted by Crippen LogP contribution is 2.40. The van der Waals surface area contributed by atoms with Gasteiger partial charge in [0.1, 0.15) is 5.76 Å². The van der Waals surface area contributed by atoms with E-state index in [0.29, 0.717) is 11.3 Å². The number of carbonyl (C=O) groups is 1. The molecule has 0 saturated carbocycles. The average molecular weight is 584 g/mol. The maximum Gasteiger partial charge on any atom is 0.534 e. The number of allylic oxidation sites excluding steroid dienone is 1. The van der Waals surface area contributed by atoms with Crippen molar-refractivity contribution >= 4 is 41.8 Å². The highest BCUT2D eigenvalue weighted by molar-refractivity contribution is 7.87. The van der Waals surface area contributed by atoms with Gasteiger partial charge < -0.3 is 13.3 Å². The Morgan fingerprint density at radius 2 is 1.86 bits per heavy atom. The van der Waals surface area contributed by atoms with E-state index in [1.165, 1.54) is 24.3 Å². The molecular weight excluding hydrogens is 547 g/mol. The topological polar surface area (TPSA) is 91.8 Å². The summed E-state index contributed by atoms with van der Waals surface area (Å²) in [4.78, 5) is 17.0. The van der Waals surface area contributed by atoms with Crippen LogP contribution in [0.1, 0.15) is 58.2 Å². The van der Waals surface area contributed by atoms with Crippen LogP contribution in [0.2, 0.25) is 18.1 Å². The molecule has 1 aromatic rings. The summed E-state index contributed by atoms with van der Waals surface area (Å²) >= 11 is 1.42. The molecule has 37 heavy (non-hydrogen) atoms. The monoisotopic (exact) mass is 583 g/mol. The first-order valence-corrected chi connectivity index (χ1v) is 16.7. The van der Waals surface area contributed by atoms with E-state index in [0.717, 1.165) is 5.01 Å². The Kier molecular flexibility index (Phi) is 11.4. The number of nitrogens with zero attached hydrogens (tertiary/aromatic N) is 1. The van der Waals surface area contributed by atoms with Crippen LogP contribution in [0.25, 0.3) is 6.08 Å². The highest BCUT2D eigenvalue weighted by atomic mass is 32.2. The lowest BCUT2D eigenvalue weighted by atomic mass is 10.0. The second kappa shape index (κ2) is 12.7. The Bertz CT molecular complexity index is 1130. The number of esters is 1. The zero-order valence-corrected chi connectivity index (χ0v) is 25.1. The van der Waals surface area contributed by atoms with Gasteiger partial charge in [-0.05, 0) is 50.6 Å². The van der Waals surface area contributed by atoms with Crippen LogP contribution >= 0.6 is 11.3 Å². The van der Waals surface area contributed by atoms with E-state index in [9.17, 15) is 26.4 Å². The molecule has 0 radical (unpaired) electrons. The van der Waals surface area contributed by atoms with Crippen molar-refractivity contribution in [2.75, 3.05) is 6.61 Å². The van der Waals surface area contributed by atoms with Crippen molar-refractivity contribution in [3.8, 4) is 0 Å². The summed E-state index contributed by atoms with van der Waals surface area (Å²) in [7, 11) is -8.63. The first-order valence-electron chi connectivity index (χ1n) is 11.5. The molecule has 0 N–H and O–H groups in total. The van der Waals surface area contributed by atoms with E-state index in [-0.39, 0.29) is 23.6 Å². The molecular formula is C24H36F3NO6S2Si. The summed E-state index contributed by atoms with van der Waals surface area (Å²) in [6.07, 6.45) is 1.31. The molecule has 0 fully saturated rings. The van der Waals surface area contributed by atoms with Crippen LogP contribution in [0.3, 0.4) is 0 Å². The predicted molar refractivity (Wildman–Crippen MR) is 142 cm³/mol. The maximum absolute atomic E-state index is 13.3. The van der Waals surface area contributed by atoms with Crippen LogP contribution in [0.15, 0.2) is 34.9 Å². The van der Waals surface area contributed by atoms with Crippen LogP contribution < -0.4 is 0 Å². The van der Waals surface area contributed by atoms with Gasteiger partial charge in [0.25, 0.3) is 0 Å². The van der Waals surface area contributed by atoms with Crippen molar-refractivity contribution in [1.82, 2.24) is 4.98 Å². The molecule has 1 heterocycles. The van der Waals surface area contributed by atoms with Gasteiger partial charge in [0.05, 0.1) is 29.0 Å². The molecule has 1 aromatic heterocycles. The van der Waals surface area contributed by atoms with Gasteiger partial charge in [0, 0.05) is 18.2 Å². The van der Waals surface area contributed by atoms with Gasteiger partial charge in [-0.1, -0.05) is 26.8 Å². The van der Waals surface area contributed by atoms with Crippen molar-refractivity contribution in [2.24, 2.45) is 0 Å². The Labute approximate surface area is 222 Å². The third-order valence-corrected chi connectivity index (χ3v) is 12.1. The van der Waals surface area contributed by atoms with Gasteiger partial charge in [0.15, 0.2) is 8.32 Å². The molecule has 0 saturated heterocycles. The zero-order chi connectivity index (χ0) is 28.8. The fourth-order valence-electron chi connectivity index (χ4n) is 2.83. The predicted octanol–water partition coefficient (Wildman–Crippen LogP) is 6.89. The molecule has 0 amide bonds. The van der Waals surface area contributed by atoms with Crippen molar-refractivity contribution in [3.63, 3.8) is 0 Å². The van der Waals surface area contributed by atoms with E-state index in [1.54, 1.807) is 13.0 Å². The van der Waals surface area contributed by atoms with E-state index < -0.39 is 48.2 Å². The van der Waals surface area contributed by atoms with Crippen LogP contribution in [-0.4, -0.2) is 45.9 Å². The average Bonchev–Trinajstić information content (AvgIpc) is 3.13. The number of hydrogen-bond donors (Lipinski definition) is 0. The van der Waals surface area contributed by atoms with Gasteiger partial charge in [-0.2, -0.15) is 21.6 Å². The van der Waals surface area contributed by atoms with Crippen molar-refractivity contribution in [2.45, 2.75) is 84.1 Å². The maximum atomic E-state index is 13.3. The molecule has 1 atom stereocenters. The molecule has 210 valence electrons. The van der Waals surface area contributed by atoms with Gasteiger partial charge in [0.2, 0.25) is 0 Å². The summed E-state index contributed by atoms with van der Waals surface area (Å²) < 4.78 is 80.0. The first-order chi connectivity index (χ1) is 16.8. The lowest BCUT2D eigenvalue weighted by Gasteiger charge is -2.40. The molecule has 0 unspecified atom stereocenters. The van der Waals surface area contributed by atoms with Gasteiger partial charge in [-0.3, -0.25) is 0 Å². The largest absolute Gasteiger partial charge is 0.534 e. The third kappa shape index (κ3) is 9.38. The second-order valence-corrected chi connectivity index (χ2v) is 17.2. The molecule has 7 nitrogen and oxygen atoms in total. The molecule has 1 rings (SSSR count). The Balaban J connectivity index is 3.77. The normalized spacial score (nSPS) is 15.2. The molecule has 0 aromatic carbocycles. The number of aromatic nitrogens is 1. The summed E-state index contributed by atoms with van der Waals surface area (Å²) in [5.41, 5.74) is -4.89. The number of thiazole rings is 1. The smallest absolute Gasteiger partial charge is 0.463 e. The Morgan fingerprint density at radius 1 is 1.27 bits per heavy atom. The quantitative estimate of drug-likeness (QED) is 0.0503. The number of ether oxygens (including phenoxy) is 1. The number of alkyl halides is 3. The van der Waals surface area contributed by atoms with E-state index in [4.69, 9.17) is 9.16 Å². The van der Waals surface area contributed by atoms with Gasteiger partial charge in [-0.15, -0.1) is 17.9 Å². The van der Waals surface area contributed by atoms with Gasteiger partial charge >= 0.3 is 21.6 Å². The fraction of sp³-hybridized carbons (Fsp3) is 0.583. The fourth-order valence-corrected chi connectivity index (χ4v) is 5.26. The van der Waals surface area contributed by atoms with Crippen molar-refractivity contribution < 1.29 is 39.7 Å². The minimum Gasteiger partial charge on any atom is -0.463 e. The first kappa shape index (κ1) is 33.1. The third-order valence-electron chi connectivity index (χ3n) is 5.83. The van der Waals surface area contributed by atoms with Crippen molar-refractivity contribution in [1.29, 1.82) is 0 Å². The lowest BCUT2D eigenvalue weighted by molar-refractivity contribution is -0.138. The molecule has 0 aliphatic heterocycles. The molecule has 0 aliphatic rings. The number of halogens is 3. The number of hydrogen-bond acceptors (Lipinski definition) is 8. The zero-order valence-electron chi connectivity index (χ0n) is 22.5. The van der Waals surface area contributed by atoms with E-state index >= 15 is 0 Å². The highest BCUT2D eigenvalue weighted by Gasteiger charge is 2.49. The molecule has 0 aliphatic carbocycles. The van der Waals surface area contributed by atoms with E-state index in [1.807, 2.05) is 46.2 Å². The second-order valence-electron chi connectivity index (χ2n) is 9.85. The number of carbonyl (C=O) groups excluding carboxylic acids is 1. The number of rotatable bonds is 12.